The molecule has 0 N–H and O–H groups in total. The van der Waals surface area contributed by atoms with Gasteiger partial charge >= 0.3 is 0 Å². The van der Waals surface area contributed by atoms with Crippen LogP contribution in [-0.4, -0.2) is 24.2 Å². The maximum absolute atomic E-state index is 6.19. The van der Waals surface area contributed by atoms with Crippen molar-refractivity contribution in [3.8, 4) is 22.8 Å². The van der Waals surface area contributed by atoms with Crippen molar-refractivity contribution >= 4 is 40.8 Å². The zero-order chi connectivity index (χ0) is 18.8. The lowest BCUT2D eigenvalue weighted by Crippen LogP contribution is -2.12. The van der Waals surface area contributed by atoms with E-state index in [1.54, 1.807) is 17.0 Å². The normalized spacial score (nSPS) is 13.7. The summed E-state index contributed by atoms with van der Waals surface area (Å²) in [6, 6.07) is 11.2. The van der Waals surface area contributed by atoms with Crippen LogP contribution in [0.1, 0.15) is 12.5 Å². The first-order chi connectivity index (χ1) is 13.2. The molecule has 1 aliphatic rings. The van der Waals surface area contributed by atoms with Gasteiger partial charge in [0.25, 0.3) is 0 Å². The van der Waals surface area contributed by atoms with E-state index in [0.29, 0.717) is 16.6 Å². The molecule has 1 aromatic heterocycles. The SMILES string of the molecule is CCN=c1scc(-c2ccc(Cl)c(Cl)c2)n1/N=C/c1ccc2c(c1)OCO2. The Morgan fingerprint density at radius 1 is 1.11 bits per heavy atom. The van der Waals surface area contributed by atoms with Crippen molar-refractivity contribution in [2.24, 2.45) is 10.1 Å². The molecule has 0 saturated heterocycles. The van der Waals surface area contributed by atoms with Gasteiger partial charge in [-0.15, -0.1) is 11.3 Å². The molecule has 0 radical (unpaired) electrons. The third kappa shape index (κ3) is 3.74. The van der Waals surface area contributed by atoms with E-state index in [2.05, 4.69) is 10.1 Å². The third-order valence-electron chi connectivity index (χ3n) is 3.91. The standard InChI is InChI=1S/C19H15Cl2N3O2S/c1-2-22-19-24(16(10-27-19)13-4-5-14(20)15(21)8-13)23-9-12-3-6-17-18(7-12)26-11-25-17/h3-10H,2,11H2,1H3/b22-19?,23-9+. The van der Waals surface area contributed by atoms with Crippen LogP contribution in [0.5, 0.6) is 11.5 Å². The molecule has 0 aliphatic carbocycles. The van der Waals surface area contributed by atoms with Crippen LogP contribution in [0.15, 0.2) is 51.9 Å². The molecular formula is C19H15Cl2N3O2S. The van der Waals surface area contributed by atoms with E-state index in [1.807, 2.05) is 42.6 Å². The molecule has 0 saturated carbocycles. The smallest absolute Gasteiger partial charge is 0.231 e. The molecule has 0 amide bonds. The zero-order valence-corrected chi connectivity index (χ0v) is 16.7. The van der Waals surface area contributed by atoms with E-state index in [9.17, 15) is 0 Å². The molecule has 5 nitrogen and oxygen atoms in total. The minimum atomic E-state index is 0.246. The van der Waals surface area contributed by atoms with Gasteiger partial charge in [0.2, 0.25) is 11.6 Å². The van der Waals surface area contributed by atoms with Gasteiger partial charge in [-0.2, -0.15) is 5.10 Å². The van der Waals surface area contributed by atoms with Gasteiger partial charge in [-0.25, -0.2) is 4.68 Å². The van der Waals surface area contributed by atoms with Crippen molar-refractivity contribution in [1.29, 1.82) is 0 Å². The van der Waals surface area contributed by atoms with Gasteiger partial charge in [-0.3, -0.25) is 4.99 Å². The Bertz CT molecular complexity index is 1090. The maximum atomic E-state index is 6.19. The minimum Gasteiger partial charge on any atom is -0.454 e. The molecule has 1 aliphatic heterocycles. The highest BCUT2D eigenvalue weighted by Gasteiger charge is 2.13. The number of hydrogen-bond donors (Lipinski definition) is 0. The maximum Gasteiger partial charge on any atom is 0.231 e. The van der Waals surface area contributed by atoms with E-state index in [-0.39, 0.29) is 6.79 Å². The van der Waals surface area contributed by atoms with Gasteiger partial charge in [0, 0.05) is 17.5 Å². The second-order valence-corrected chi connectivity index (χ2v) is 7.33. The van der Waals surface area contributed by atoms with E-state index < -0.39 is 0 Å². The third-order valence-corrected chi connectivity index (χ3v) is 5.51. The molecule has 8 heteroatoms. The molecule has 27 heavy (non-hydrogen) atoms. The molecule has 0 bridgehead atoms. The lowest BCUT2D eigenvalue weighted by Gasteiger charge is -2.05. The predicted molar refractivity (Wildman–Crippen MR) is 109 cm³/mol. The van der Waals surface area contributed by atoms with Crippen LogP contribution in [0.4, 0.5) is 0 Å². The summed E-state index contributed by atoms with van der Waals surface area (Å²) in [5.74, 6) is 1.46. The monoisotopic (exact) mass is 419 g/mol. The van der Waals surface area contributed by atoms with Crippen LogP contribution in [0.3, 0.4) is 0 Å². The van der Waals surface area contributed by atoms with Crippen LogP contribution in [0, 0.1) is 0 Å². The molecule has 3 aromatic rings. The summed E-state index contributed by atoms with van der Waals surface area (Å²) in [4.78, 5) is 5.33. The van der Waals surface area contributed by atoms with Crippen molar-refractivity contribution in [3.63, 3.8) is 0 Å². The van der Waals surface area contributed by atoms with Crippen molar-refractivity contribution in [1.82, 2.24) is 4.68 Å². The Labute approximate surface area is 170 Å². The summed E-state index contributed by atoms with van der Waals surface area (Å²) in [5.41, 5.74) is 2.71. The number of fused-ring (bicyclic) bond motifs is 1. The van der Waals surface area contributed by atoms with Crippen LogP contribution in [0.25, 0.3) is 11.3 Å². The highest BCUT2D eigenvalue weighted by Crippen LogP contribution is 2.32. The van der Waals surface area contributed by atoms with E-state index in [0.717, 1.165) is 33.1 Å². The second-order valence-electron chi connectivity index (χ2n) is 5.68. The number of benzene rings is 2. The molecule has 2 aromatic carbocycles. The number of aromatic nitrogens is 1. The van der Waals surface area contributed by atoms with Crippen molar-refractivity contribution in [3.05, 3.63) is 62.2 Å². The largest absolute Gasteiger partial charge is 0.454 e. The lowest BCUT2D eigenvalue weighted by molar-refractivity contribution is 0.174. The number of ether oxygens (including phenoxy) is 2. The predicted octanol–water partition coefficient (Wildman–Crippen LogP) is 5.05. The number of halogens is 2. The topological polar surface area (TPSA) is 48.1 Å². The lowest BCUT2D eigenvalue weighted by atomic mass is 10.2. The summed E-state index contributed by atoms with van der Waals surface area (Å²) in [5, 5.41) is 7.67. The quantitative estimate of drug-likeness (QED) is 0.555. The van der Waals surface area contributed by atoms with Crippen molar-refractivity contribution in [2.45, 2.75) is 6.92 Å². The summed E-state index contributed by atoms with van der Waals surface area (Å²) in [6.07, 6.45) is 1.77. The molecule has 0 fully saturated rings. The highest BCUT2D eigenvalue weighted by molar-refractivity contribution is 7.07. The number of nitrogens with zero attached hydrogens (tertiary/aromatic N) is 3. The average Bonchev–Trinajstić information content (AvgIpc) is 3.29. The Kier molecular flexibility index (Phi) is 5.20. The zero-order valence-electron chi connectivity index (χ0n) is 14.4. The summed E-state index contributed by atoms with van der Waals surface area (Å²) >= 11 is 13.8. The van der Waals surface area contributed by atoms with Gasteiger partial charge in [0.05, 0.1) is 22.0 Å². The van der Waals surface area contributed by atoms with E-state index in [1.165, 1.54) is 11.3 Å². The fourth-order valence-electron chi connectivity index (χ4n) is 2.63. The van der Waals surface area contributed by atoms with Gasteiger partial charge in [0.1, 0.15) is 0 Å². The number of hydrogen-bond acceptors (Lipinski definition) is 5. The Hall–Kier alpha value is -2.28. The first-order valence-electron chi connectivity index (χ1n) is 8.26. The molecule has 138 valence electrons. The average molecular weight is 420 g/mol. The Morgan fingerprint density at radius 3 is 2.78 bits per heavy atom. The van der Waals surface area contributed by atoms with Crippen molar-refractivity contribution in [2.75, 3.05) is 13.3 Å². The van der Waals surface area contributed by atoms with Gasteiger partial charge < -0.3 is 9.47 Å². The van der Waals surface area contributed by atoms with Crippen LogP contribution < -0.4 is 14.3 Å². The van der Waals surface area contributed by atoms with E-state index >= 15 is 0 Å². The van der Waals surface area contributed by atoms with Gasteiger partial charge in [0.15, 0.2) is 11.5 Å². The van der Waals surface area contributed by atoms with Crippen LogP contribution >= 0.6 is 34.5 Å². The number of thiazole rings is 1. The molecule has 0 spiro atoms. The van der Waals surface area contributed by atoms with Crippen LogP contribution in [0.2, 0.25) is 10.0 Å². The molecule has 0 atom stereocenters. The molecule has 2 heterocycles. The fourth-order valence-corrected chi connectivity index (χ4v) is 3.83. The van der Waals surface area contributed by atoms with Gasteiger partial charge in [-0.05, 0) is 42.8 Å². The molecule has 0 unspecified atom stereocenters. The Balaban J connectivity index is 1.75. The second kappa shape index (κ2) is 7.76. The first-order valence-corrected chi connectivity index (χ1v) is 9.89. The van der Waals surface area contributed by atoms with E-state index in [4.69, 9.17) is 32.7 Å². The Morgan fingerprint density at radius 2 is 1.96 bits per heavy atom. The van der Waals surface area contributed by atoms with Crippen molar-refractivity contribution < 1.29 is 9.47 Å². The summed E-state index contributed by atoms with van der Waals surface area (Å²) in [6.45, 7) is 2.90. The molecular weight excluding hydrogens is 405 g/mol. The summed E-state index contributed by atoms with van der Waals surface area (Å²) < 4.78 is 12.6. The fraction of sp³-hybridized carbons (Fsp3) is 0.158. The minimum absolute atomic E-state index is 0.246. The molecule has 4 rings (SSSR count). The first kappa shape index (κ1) is 18.1. The summed E-state index contributed by atoms with van der Waals surface area (Å²) in [7, 11) is 0. The number of rotatable bonds is 4. The van der Waals surface area contributed by atoms with Gasteiger partial charge in [-0.1, -0.05) is 29.3 Å². The van der Waals surface area contributed by atoms with Crippen LogP contribution in [-0.2, 0) is 0 Å². The highest BCUT2D eigenvalue weighted by atomic mass is 35.5.